The zero-order valence-electron chi connectivity index (χ0n) is 25.5. The van der Waals surface area contributed by atoms with Crippen LogP contribution in [0.2, 0.25) is 0 Å². The van der Waals surface area contributed by atoms with Crippen molar-refractivity contribution in [1.82, 2.24) is 19.7 Å². The van der Waals surface area contributed by atoms with Gasteiger partial charge in [0.2, 0.25) is 5.88 Å². The minimum Gasteiger partial charge on any atom is -0.354 e. The highest BCUT2D eigenvalue weighted by Crippen LogP contribution is 2.46. The number of fused-ring (bicyclic) bond motifs is 1. The first-order chi connectivity index (χ1) is 23.6. The summed E-state index contributed by atoms with van der Waals surface area (Å²) in [4.78, 5) is 7.83. The molecule has 7 rings (SSSR count). The zero-order chi connectivity index (χ0) is 34.2. The van der Waals surface area contributed by atoms with Crippen molar-refractivity contribution in [1.29, 1.82) is 0 Å². The van der Waals surface area contributed by atoms with E-state index < -0.39 is 32.9 Å². The number of hydrogen-bond acceptors (Lipinski definition) is 6. The molecule has 0 bridgehead atoms. The highest BCUT2D eigenvalue weighted by molar-refractivity contribution is 7.88. The molecule has 2 heterocycles. The highest BCUT2D eigenvalue weighted by atomic mass is 32.2. The van der Waals surface area contributed by atoms with Crippen LogP contribution in [0.5, 0.6) is 5.88 Å². The summed E-state index contributed by atoms with van der Waals surface area (Å²) in [5, 5.41) is 5.14. The SMILES string of the molecule is O=S(=O)(Oc1ncnc2ccc(-c3cn(C(c4ccccc4)(c4ccccc4)C4C=CC=CC4)nc3-c3ccc(F)cc3)cc12)C(F)(F)F. The lowest BCUT2D eigenvalue weighted by molar-refractivity contribution is -0.0500. The van der Waals surface area contributed by atoms with Crippen molar-refractivity contribution >= 4 is 21.0 Å². The van der Waals surface area contributed by atoms with Crippen LogP contribution in [0.3, 0.4) is 0 Å². The lowest BCUT2D eigenvalue weighted by Crippen LogP contribution is -2.43. The lowest BCUT2D eigenvalue weighted by Gasteiger charge is -2.41. The molecule has 1 aliphatic carbocycles. The molecule has 6 aromatic rings. The molecule has 0 radical (unpaired) electrons. The molecule has 1 aliphatic rings. The van der Waals surface area contributed by atoms with E-state index in [9.17, 15) is 26.0 Å². The van der Waals surface area contributed by atoms with E-state index in [2.05, 4.69) is 26.3 Å². The van der Waals surface area contributed by atoms with Crippen molar-refractivity contribution in [2.75, 3.05) is 0 Å². The number of benzene rings is 4. The van der Waals surface area contributed by atoms with Crippen LogP contribution in [0.15, 0.2) is 140 Å². The van der Waals surface area contributed by atoms with Crippen molar-refractivity contribution in [3.8, 4) is 28.3 Å². The first kappa shape index (κ1) is 32.0. The maximum Gasteiger partial charge on any atom is 0.534 e. The molecule has 246 valence electrons. The molecule has 0 N–H and O–H groups in total. The molecule has 49 heavy (non-hydrogen) atoms. The number of halogens is 4. The molecule has 0 fully saturated rings. The third kappa shape index (κ3) is 5.78. The summed E-state index contributed by atoms with van der Waals surface area (Å²) in [6.07, 6.45) is 11.7. The highest BCUT2D eigenvalue weighted by Gasteiger charge is 2.49. The fourth-order valence-corrected chi connectivity index (χ4v) is 6.74. The molecular weight excluding hydrogens is 656 g/mol. The molecule has 0 spiro atoms. The van der Waals surface area contributed by atoms with Crippen molar-refractivity contribution < 1.29 is 30.2 Å². The Morgan fingerprint density at radius 3 is 2.06 bits per heavy atom. The monoisotopic (exact) mass is 682 g/mol. The third-order valence-electron chi connectivity index (χ3n) is 8.52. The summed E-state index contributed by atoms with van der Waals surface area (Å²) in [5.74, 6) is -1.34. The van der Waals surface area contributed by atoms with Crippen molar-refractivity contribution in [2.24, 2.45) is 5.92 Å². The van der Waals surface area contributed by atoms with Crippen LogP contribution in [0, 0.1) is 11.7 Å². The second-order valence-electron chi connectivity index (χ2n) is 11.4. The molecule has 0 saturated heterocycles. The summed E-state index contributed by atoms with van der Waals surface area (Å²) in [5.41, 5.74) is -2.49. The molecule has 0 saturated carbocycles. The molecule has 12 heteroatoms. The molecule has 0 aliphatic heterocycles. The average molecular weight is 683 g/mol. The van der Waals surface area contributed by atoms with Crippen LogP contribution in [-0.2, 0) is 15.7 Å². The van der Waals surface area contributed by atoms with Gasteiger partial charge in [-0.15, -0.1) is 0 Å². The Labute approximate surface area is 279 Å². The largest absolute Gasteiger partial charge is 0.534 e. The molecular formula is C37H26F4N4O3S. The summed E-state index contributed by atoms with van der Waals surface area (Å²) >= 11 is 0. The maximum atomic E-state index is 14.1. The van der Waals surface area contributed by atoms with Crippen molar-refractivity contribution in [3.63, 3.8) is 0 Å². The van der Waals surface area contributed by atoms with Gasteiger partial charge in [-0.3, -0.25) is 4.68 Å². The summed E-state index contributed by atoms with van der Waals surface area (Å²) < 4.78 is 84.3. The van der Waals surface area contributed by atoms with E-state index >= 15 is 0 Å². The fourth-order valence-electron chi connectivity index (χ4n) is 6.31. The van der Waals surface area contributed by atoms with E-state index in [1.54, 1.807) is 18.2 Å². The average Bonchev–Trinajstić information content (AvgIpc) is 3.55. The van der Waals surface area contributed by atoms with Gasteiger partial charge in [0.25, 0.3) is 0 Å². The molecule has 7 nitrogen and oxygen atoms in total. The van der Waals surface area contributed by atoms with Gasteiger partial charge in [-0.25, -0.2) is 14.4 Å². The van der Waals surface area contributed by atoms with Gasteiger partial charge >= 0.3 is 15.6 Å². The Morgan fingerprint density at radius 2 is 1.45 bits per heavy atom. The Hall–Kier alpha value is -5.62. The normalized spacial score (nSPS) is 15.1. The number of aromatic nitrogens is 4. The van der Waals surface area contributed by atoms with E-state index in [1.165, 1.54) is 24.3 Å². The van der Waals surface area contributed by atoms with Gasteiger partial charge in [-0.1, -0.05) is 91.0 Å². The predicted molar refractivity (Wildman–Crippen MR) is 177 cm³/mol. The molecule has 1 unspecified atom stereocenters. The Kier molecular flexibility index (Phi) is 8.11. The van der Waals surface area contributed by atoms with E-state index in [-0.39, 0.29) is 16.8 Å². The maximum absolute atomic E-state index is 14.1. The van der Waals surface area contributed by atoms with Gasteiger partial charge in [0, 0.05) is 23.2 Å². The second-order valence-corrected chi connectivity index (χ2v) is 12.9. The lowest BCUT2D eigenvalue weighted by atomic mass is 9.70. The molecule has 1 atom stereocenters. The van der Waals surface area contributed by atoms with Crippen molar-refractivity contribution in [2.45, 2.75) is 17.5 Å². The fraction of sp³-hybridized carbons (Fsp3) is 0.108. The molecule has 0 amide bonds. The standard InChI is InChI=1S/C37H26F4N4O3S/c38-30-19-16-25(17-20-30)34-32(26-18-21-33-31(22-26)35(43-24-42-33)48-49(46,47)37(39,40)41)23-45(44-34)36(27-10-4-1-5-11-27,28-12-6-2-7-13-28)29-14-8-3-9-15-29/h1-14,16-24,29H,15H2. The summed E-state index contributed by atoms with van der Waals surface area (Å²) in [6.45, 7) is 0. The smallest absolute Gasteiger partial charge is 0.354 e. The first-order valence-corrected chi connectivity index (χ1v) is 16.5. The van der Waals surface area contributed by atoms with E-state index in [4.69, 9.17) is 5.10 Å². The number of allylic oxidation sites excluding steroid dienone is 4. The minimum atomic E-state index is -6.02. The van der Waals surface area contributed by atoms with Gasteiger partial charge in [0.1, 0.15) is 23.4 Å². The van der Waals surface area contributed by atoms with E-state index in [0.29, 0.717) is 28.8 Å². The van der Waals surface area contributed by atoms with Crippen LogP contribution < -0.4 is 4.18 Å². The van der Waals surface area contributed by atoms with E-state index in [1.807, 2.05) is 83.7 Å². The topological polar surface area (TPSA) is 87.0 Å². The van der Waals surface area contributed by atoms with Crippen LogP contribution >= 0.6 is 0 Å². The second kappa shape index (κ2) is 12.4. The van der Waals surface area contributed by atoms with Gasteiger partial charge in [-0.2, -0.15) is 26.7 Å². The molecule has 2 aromatic heterocycles. The van der Waals surface area contributed by atoms with Gasteiger partial charge < -0.3 is 4.18 Å². The number of hydrogen-bond donors (Lipinski definition) is 0. The number of alkyl halides is 3. The van der Waals surface area contributed by atoms with E-state index in [0.717, 1.165) is 17.5 Å². The number of nitrogens with zero attached hydrogens (tertiary/aromatic N) is 4. The van der Waals surface area contributed by atoms with Gasteiger partial charge in [0.05, 0.1) is 10.9 Å². The van der Waals surface area contributed by atoms with Crippen LogP contribution in [-0.4, -0.2) is 33.7 Å². The van der Waals surface area contributed by atoms with Gasteiger partial charge in [0.15, 0.2) is 0 Å². The summed E-state index contributed by atoms with van der Waals surface area (Å²) in [7, 11) is -6.02. The third-order valence-corrected chi connectivity index (χ3v) is 9.46. The van der Waals surface area contributed by atoms with Gasteiger partial charge in [-0.05, 0) is 59.5 Å². The predicted octanol–water partition coefficient (Wildman–Crippen LogP) is 8.45. The quantitative estimate of drug-likeness (QED) is 0.0910. The molecule has 4 aromatic carbocycles. The zero-order valence-corrected chi connectivity index (χ0v) is 26.3. The van der Waals surface area contributed by atoms with Crippen LogP contribution in [0.4, 0.5) is 17.6 Å². The first-order valence-electron chi connectivity index (χ1n) is 15.1. The van der Waals surface area contributed by atoms with Crippen LogP contribution in [0.1, 0.15) is 17.5 Å². The Morgan fingerprint density at radius 1 is 0.796 bits per heavy atom. The Balaban J connectivity index is 1.51. The Bertz CT molecular complexity index is 2270. The van der Waals surface area contributed by atoms with Crippen LogP contribution in [0.25, 0.3) is 33.3 Å². The summed E-state index contributed by atoms with van der Waals surface area (Å²) in [6, 6.07) is 30.4. The number of rotatable bonds is 8. The minimum absolute atomic E-state index is 0.0663. The van der Waals surface area contributed by atoms with Crippen molar-refractivity contribution in [3.05, 3.63) is 157 Å².